The van der Waals surface area contributed by atoms with Crippen molar-refractivity contribution >= 4 is 22.4 Å². The van der Waals surface area contributed by atoms with Gasteiger partial charge in [-0.25, -0.2) is 4.98 Å². The van der Waals surface area contributed by atoms with Crippen LogP contribution in [0.3, 0.4) is 0 Å². The number of carbonyl (C=O) groups excluding carboxylic acids is 1. The molecule has 0 saturated carbocycles. The molecular weight excluding hydrogens is 336 g/mol. The molecule has 0 radical (unpaired) electrons. The van der Waals surface area contributed by atoms with E-state index in [1.165, 1.54) is 30.6 Å². The third-order valence-corrected chi connectivity index (χ3v) is 6.38. The van der Waals surface area contributed by atoms with Crippen LogP contribution in [0.15, 0.2) is 0 Å². The molecule has 2 fully saturated rings. The van der Waals surface area contributed by atoms with Gasteiger partial charge in [0, 0.05) is 25.2 Å². The second-order valence-electron chi connectivity index (χ2n) is 7.55. The molecule has 3 rings (SSSR count). The molecule has 0 aliphatic carbocycles. The highest BCUT2D eigenvalue weighted by Crippen LogP contribution is 2.27. The van der Waals surface area contributed by atoms with Crippen molar-refractivity contribution in [3.8, 4) is 0 Å². The molecule has 1 amide bonds. The van der Waals surface area contributed by atoms with Crippen molar-refractivity contribution in [2.24, 2.45) is 0 Å². The number of carbonyl (C=O) groups is 1. The number of piperidine rings is 1. The molecular formula is C18H30N4O2S. The zero-order valence-electron chi connectivity index (χ0n) is 15.6. The van der Waals surface area contributed by atoms with E-state index in [9.17, 15) is 4.79 Å². The van der Waals surface area contributed by atoms with Crippen LogP contribution in [-0.2, 0) is 4.74 Å². The standard InChI is InChI=1S/C18H30N4O2S/c1-14-15(25-17(20-14)21-9-11-24-12-10-21)16(23)19-13-18(2,3)22-7-5-4-6-8-22/h4-13H2,1-3H3,(H,19,23). The van der Waals surface area contributed by atoms with E-state index in [4.69, 9.17) is 4.74 Å². The SMILES string of the molecule is Cc1nc(N2CCOCC2)sc1C(=O)NCC(C)(C)N1CCCCC1. The molecule has 0 aromatic carbocycles. The number of likely N-dealkylation sites (tertiary alicyclic amines) is 1. The Bertz CT molecular complexity index is 590. The molecule has 1 N–H and O–H groups in total. The lowest BCUT2D eigenvalue weighted by molar-refractivity contribution is 0.0799. The van der Waals surface area contributed by atoms with Crippen molar-refractivity contribution in [3.63, 3.8) is 0 Å². The van der Waals surface area contributed by atoms with Gasteiger partial charge in [0.15, 0.2) is 5.13 Å². The van der Waals surface area contributed by atoms with Crippen LogP contribution in [0.25, 0.3) is 0 Å². The largest absolute Gasteiger partial charge is 0.378 e. The van der Waals surface area contributed by atoms with E-state index in [-0.39, 0.29) is 11.4 Å². The van der Waals surface area contributed by atoms with Gasteiger partial charge >= 0.3 is 0 Å². The van der Waals surface area contributed by atoms with Crippen molar-refractivity contribution < 1.29 is 9.53 Å². The summed E-state index contributed by atoms with van der Waals surface area (Å²) in [5, 5.41) is 4.07. The van der Waals surface area contributed by atoms with Crippen LogP contribution in [0.1, 0.15) is 48.5 Å². The summed E-state index contributed by atoms with van der Waals surface area (Å²) < 4.78 is 5.39. The number of nitrogens with zero attached hydrogens (tertiary/aromatic N) is 3. The Morgan fingerprint density at radius 3 is 2.56 bits per heavy atom. The van der Waals surface area contributed by atoms with Gasteiger partial charge in [-0.05, 0) is 46.7 Å². The van der Waals surface area contributed by atoms with Gasteiger partial charge in [0.05, 0.1) is 18.9 Å². The molecule has 1 aromatic rings. The van der Waals surface area contributed by atoms with Gasteiger partial charge in [-0.2, -0.15) is 0 Å². The maximum atomic E-state index is 12.7. The second-order valence-corrected chi connectivity index (χ2v) is 8.53. The molecule has 0 unspecified atom stereocenters. The summed E-state index contributed by atoms with van der Waals surface area (Å²) in [6.45, 7) is 12.4. The number of nitrogens with one attached hydrogen (secondary N) is 1. The molecule has 2 saturated heterocycles. The molecule has 140 valence electrons. The summed E-state index contributed by atoms with van der Waals surface area (Å²) in [5.41, 5.74) is 0.807. The van der Waals surface area contributed by atoms with Crippen LogP contribution in [0, 0.1) is 6.92 Å². The molecule has 0 spiro atoms. The van der Waals surface area contributed by atoms with Crippen LogP contribution in [0.2, 0.25) is 0 Å². The number of aryl methyl sites for hydroxylation is 1. The lowest BCUT2D eigenvalue weighted by Crippen LogP contribution is -2.53. The Labute approximate surface area is 154 Å². The number of thiazole rings is 1. The van der Waals surface area contributed by atoms with Crippen molar-refractivity contribution in [2.45, 2.75) is 45.6 Å². The predicted molar refractivity (Wildman–Crippen MR) is 102 cm³/mol. The topological polar surface area (TPSA) is 57.7 Å². The van der Waals surface area contributed by atoms with Crippen molar-refractivity contribution in [1.29, 1.82) is 0 Å². The highest BCUT2D eigenvalue weighted by Gasteiger charge is 2.29. The Kier molecular flexibility index (Phi) is 5.96. The minimum atomic E-state index is -0.0122. The average molecular weight is 367 g/mol. The summed E-state index contributed by atoms with van der Waals surface area (Å²) in [5.74, 6) is -0.000376. The fraction of sp³-hybridized carbons (Fsp3) is 0.778. The molecule has 0 atom stereocenters. The number of aromatic nitrogens is 1. The van der Waals surface area contributed by atoms with Gasteiger partial charge < -0.3 is 15.0 Å². The Morgan fingerprint density at radius 1 is 1.20 bits per heavy atom. The van der Waals surface area contributed by atoms with E-state index < -0.39 is 0 Å². The molecule has 2 aliphatic rings. The maximum Gasteiger partial charge on any atom is 0.263 e. The zero-order chi connectivity index (χ0) is 17.9. The molecule has 25 heavy (non-hydrogen) atoms. The Morgan fingerprint density at radius 2 is 1.88 bits per heavy atom. The summed E-state index contributed by atoms with van der Waals surface area (Å²) in [6, 6.07) is 0. The van der Waals surface area contributed by atoms with E-state index in [2.05, 4.69) is 33.9 Å². The van der Waals surface area contributed by atoms with Crippen LogP contribution < -0.4 is 10.2 Å². The fourth-order valence-corrected chi connectivity index (χ4v) is 4.51. The summed E-state index contributed by atoms with van der Waals surface area (Å²) in [6.07, 6.45) is 3.84. The fourth-order valence-electron chi connectivity index (χ4n) is 3.47. The van der Waals surface area contributed by atoms with E-state index in [0.717, 1.165) is 55.1 Å². The first kappa shape index (κ1) is 18.6. The molecule has 7 heteroatoms. The van der Waals surface area contributed by atoms with Crippen molar-refractivity contribution in [3.05, 3.63) is 10.6 Å². The van der Waals surface area contributed by atoms with Gasteiger partial charge in [-0.15, -0.1) is 0 Å². The van der Waals surface area contributed by atoms with Crippen LogP contribution >= 0.6 is 11.3 Å². The Balaban J connectivity index is 1.60. The van der Waals surface area contributed by atoms with E-state index >= 15 is 0 Å². The monoisotopic (exact) mass is 366 g/mol. The lowest BCUT2D eigenvalue weighted by atomic mass is 9.98. The zero-order valence-corrected chi connectivity index (χ0v) is 16.5. The highest BCUT2D eigenvalue weighted by molar-refractivity contribution is 7.17. The molecule has 6 nitrogen and oxygen atoms in total. The first-order valence-corrected chi connectivity index (χ1v) is 10.1. The smallest absolute Gasteiger partial charge is 0.263 e. The summed E-state index contributed by atoms with van der Waals surface area (Å²) in [4.78, 5) is 22.7. The minimum Gasteiger partial charge on any atom is -0.378 e. The first-order valence-electron chi connectivity index (χ1n) is 9.31. The van der Waals surface area contributed by atoms with Gasteiger partial charge in [0.2, 0.25) is 0 Å². The molecule has 2 aliphatic heterocycles. The van der Waals surface area contributed by atoms with Gasteiger partial charge in [-0.3, -0.25) is 9.69 Å². The van der Waals surface area contributed by atoms with E-state index in [0.29, 0.717) is 6.54 Å². The van der Waals surface area contributed by atoms with Crippen molar-refractivity contribution in [1.82, 2.24) is 15.2 Å². The third-order valence-electron chi connectivity index (χ3n) is 5.17. The molecule has 1 aromatic heterocycles. The van der Waals surface area contributed by atoms with Crippen LogP contribution in [0.4, 0.5) is 5.13 Å². The molecule has 0 bridgehead atoms. The highest BCUT2D eigenvalue weighted by atomic mass is 32.1. The third kappa shape index (κ3) is 4.51. The lowest BCUT2D eigenvalue weighted by Gasteiger charge is -2.41. The Hall–Kier alpha value is -1.18. The van der Waals surface area contributed by atoms with Gasteiger partial charge in [0.1, 0.15) is 4.88 Å². The summed E-state index contributed by atoms with van der Waals surface area (Å²) in [7, 11) is 0. The van der Waals surface area contributed by atoms with Crippen LogP contribution in [-0.4, -0.2) is 67.3 Å². The van der Waals surface area contributed by atoms with Crippen molar-refractivity contribution in [2.75, 3.05) is 50.8 Å². The van der Waals surface area contributed by atoms with Gasteiger partial charge in [0.25, 0.3) is 5.91 Å². The number of hydrogen-bond donors (Lipinski definition) is 1. The number of morpholine rings is 1. The summed E-state index contributed by atoms with van der Waals surface area (Å²) >= 11 is 1.49. The molecule has 3 heterocycles. The number of rotatable bonds is 5. The number of hydrogen-bond acceptors (Lipinski definition) is 6. The predicted octanol–water partition coefficient (Wildman–Crippen LogP) is 2.28. The van der Waals surface area contributed by atoms with Crippen LogP contribution in [0.5, 0.6) is 0 Å². The quantitative estimate of drug-likeness (QED) is 0.866. The number of amides is 1. The van der Waals surface area contributed by atoms with Gasteiger partial charge in [-0.1, -0.05) is 17.8 Å². The maximum absolute atomic E-state index is 12.7. The minimum absolute atomic E-state index is 0.000376. The first-order chi connectivity index (χ1) is 12.0. The average Bonchev–Trinajstić information content (AvgIpc) is 3.03. The van der Waals surface area contributed by atoms with E-state index in [1.807, 2.05) is 6.92 Å². The number of anilines is 1. The second kappa shape index (κ2) is 8.01. The normalized spacial score (nSPS) is 19.9. The van der Waals surface area contributed by atoms with E-state index in [1.54, 1.807) is 0 Å². The number of ether oxygens (including phenoxy) is 1.